The number of benzene rings is 2. The number of nitrogens with zero attached hydrogens (tertiary/aromatic N) is 5. The molecule has 2 heterocycles. The van der Waals surface area contributed by atoms with Gasteiger partial charge in [0.2, 0.25) is 15.2 Å². The molecule has 12 heteroatoms. The molecule has 174 valence electrons. The molecule has 3 aromatic rings. The minimum atomic E-state index is -3.69. The van der Waals surface area contributed by atoms with Crippen LogP contribution < -0.4 is 4.90 Å². The molecule has 1 amide bonds. The van der Waals surface area contributed by atoms with Crippen LogP contribution in [0, 0.1) is 5.82 Å². The molecule has 0 aliphatic carbocycles. The van der Waals surface area contributed by atoms with Gasteiger partial charge < -0.3 is 9.80 Å². The van der Waals surface area contributed by atoms with Crippen molar-refractivity contribution in [2.45, 2.75) is 4.90 Å². The third-order valence-electron chi connectivity index (χ3n) is 5.23. The van der Waals surface area contributed by atoms with Crippen LogP contribution in [0.5, 0.6) is 0 Å². The molecule has 4 rings (SSSR count). The van der Waals surface area contributed by atoms with Gasteiger partial charge in [0.15, 0.2) is 0 Å². The fourth-order valence-electron chi connectivity index (χ4n) is 3.44. The summed E-state index contributed by atoms with van der Waals surface area (Å²) in [7, 11) is -0.565. The van der Waals surface area contributed by atoms with Crippen molar-refractivity contribution in [3.05, 3.63) is 58.9 Å². The summed E-state index contributed by atoms with van der Waals surface area (Å²) in [5.41, 5.74) is 0.510. The molecule has 1 aromatic heterocycles. The predicted molar refractivity (Wildman–Crippen MR) is 126 cm³/mol. The van der Waals surface area contributed by atoms with Crippen molar-refractivity contribution in [3.63, 3.8) is 0 Å². The minimum Gasteiger partial charge on any atom is -0.345 e. The molecule has 0 bridgehead atoms. The first kappa shape index (κ1) is 23.6. The van der Waals surface area contributed by atoms with Crippen molar-refractivity contribution < 1.29 is 17.6 Å². The van der Waals surface area contributed by atoms with Crippen LogP contribution in [0.3, 0.4) is 0 Å². The number of halogens is 2. The van der Waals surface area contributed by atoms with E-state index >= 15 is 0 Å². The van der Waals surface area contributed by atoms with Crippen LogP contribution >= 0.6 is 22.9 Å². The first-order chi connectivity index (χ1) is 15.7. The number of hydrogen-bond donors (Lipinski definition) is 0. The Morgan fingerprint density at radius 1 is 1.09 bits per heavy atom. The van der Waals surface area contributed by atoms with Gasteiger partial charge in [0.05, 0.1) is 10.6 Å². The lowest BCUT2D eigenvalue weighted by atomic mass is 10.1. The third-order valence-corrected chi connectivity index (χ3v) is 8.66. The van der Waals surface area contributed by atoms with Crippen molar-refractivity contribution in [1.82, 2.24) is 19.4 Å². The number of rotatable bonds is 5. The van der Waals surface area contributed by atoms with Gasteiger partial charge in [0, 0.05) is 45.8 Å². The molecule has 0 atom stereocenters. The van der Waals surface area contributed by atoms with Gasteiger partial charge in [0.1, 0.15) is 15.7 Å². The highest BCUT2D eigenvalue weighted by Gasteiger charge is 2.31. The second-order valence-electron chi connectivity index (χ2n) is 7.61. The summed E-state index contributed by atoms with van der Waals surface area (Å²) >= 11 is 7.37. The molecule has 1 aliphatic rings. The number of sulfonamides is 1. The zero-order valence-electron chi connectivity index (χ0n) is 17.9. The molecule has 2 aromatic carbocycles. The first-order valence-electron chi connectivity index (χ1n) is 10.0. The molecule has 0 saturated carbocycles. The Labute approximate surface area is 200 Å². The van der Waals surface area contributed by atoms with Crippen LogP contribution in [-0.2, 0) is 10.0 Å². The van der Waals surface area contributed by atoms with E-state index < -0.39 is 21.7 Å². The minimum absolute atomic E-state index is 0.00987. The predicted octanol–water partition coefficient (Wildman–Crippen LogP) is 3.21. The van der Waals surface area contributed by atoms with E-state index in [9.17, 15) is 17.6 Å². The van der Waals surface area contributed by atoms with Crippen LogP contribution in [0.15, 0.2) is 47.4 Å². The Balaban J connectivity index is 1.46. The molecule has 1 saturated heterocycles. The Bertz CT molecular complexity index is 1290. The molecule has 1 fully saturated rings. The van der Waals surface area contributed by atoms with Gasteiger partial charge in [-0.2, -0.15) is 4.31 Å². The molecule has 1 aliphatic heterocycles. The normalized spacial score (nSPS) is 15.0. The molecule has 0 spiro atoms. The first-order valence-corrected chi connectivity index (χ1v) is 12.7. The molecule has 0 unspecified atom stereocenters. The van der Waals surface area contributed by atoms with Gasteiger partial charge in [-0.15, -0.1) is 10.2 Å². The topological polar surface area (TPSA) is 86.7 Å². The Kier molecular flexibility index (Phi) is 6.66. The van der Waals surface area contributed by atoms with Crippen molar-refractivity contribution in [2.24, 2.45) is 0 Å². The standard InChI is InChI=1S/C21H21ClFN5O3S2/c1-26(2)20(29)15-8-7-14(13-17(15)23)19-24-25-21(32-19)27-9-11-28(12-10-27)33(30,31)18-6-4-3-5-16(18)22/h3-8,13H,9-12H2,1-2H3. The molecular formula is C21H21ClFN5O3S2. The SMILES string of the molecule is CN(C)C(=O)c1ccc(-c2nnc(N3CCN(S(=O)(=O)c4ccccc4Cl)CC3)s2)cc1F. The summed E-state index contributed by atoms with van der Waals surface area (Å²) in [5, 5.41) is 9.68. The van der Waals surface area contributed by atoms with E-state index in [4.69, 9.17) is 11.6 Å². The number of aromatic nitrogens is 2. The van der Waals surface area contributed by atoms with E-state index in [1.54, 1.807) is 38.4 Å². The van der Waals surface area contributed by atoms with Crippen molar-refractivity contribution in [3.8, 4) is 10.6 Å². The molecule has 8 nitrogen and oxygen atoms in total. The average Bonchev–Trinajstić information content (AvgIpc) is 3.29. The quantitative estimate of drug-likeness (QED) is 0.525. The Hall–Kier alpha value is -2.60. The number of hydrogen-bond acceptors (Lipinski definition) is 7. The maximum absolute atomic E-state index is 14.5. The van der Waals surface area contributed by atoms with Gasteiger partial charge in [-0.25, -0.2) is 12.8 Å². The molecule has 0 N–H and O–H groups in total. The van der Waals surface area contributed by atoms with Crippen LogP contribution in [0.1, 0.15) is 10.4 Å². The smallest absolute Gasteiger partial charge is 0.256 e. The van der Waals surface area contributed by atoms with E-state index in [-0.39, 0.29) is 28.6 Å². The van der Waals surface area contributed by atoms with Crippen LogP contribution in [0.2, 0.25) is 5.02 Å². The summed E-state index contributed by atoms with van der Waals surface area (Å²) in [6.07, 6.45) is 0. The average molecular weight is 510 g/mol. The zero-order chi connectivity index (χ0) is 23.8. The number of amides is 1. The van der Waals surface area contributed by atoms with Gasteiger partial charge in [-0.1, -0.05) is 41.1 Å². The summed E-state index contributed by atoms with van der Waals surface area (Å²) in [4.78, 5) is 15.4. The van der Waals surface area contributed by atoms with Crippen LogP contribution in [-0.4, -0.2) is 74.0 Å². The van der Waals surface area contributed by atoms with Crippen molar-refractivity contribution in [2.75, 3.05) is 45.2 Å². The number of carbonyl (C=O) groups excluding carboxylic acids is 1. The summed E-state index contributed by atoms with van der Waals surface area (Å²) < 4.78 is 41.7. The highest BCUT2D eigenvalue weighted by Crippen LogP contribution is 2.31. The monoisotopic (exact) mass is 509 g/mol. The second kappa shape index (κ2) is 9.34. The van der Waals surface area contributed by atoms with E-state index in [0.29, 0.717) is 28.8 Å². The lowest BCUT2D eigenvalue weighted by Gasteiger charge is -2.33. The van der Waals surface area contributed by atoms with Crippen molar-refractivity contribution in [1.29, 1.82) is 0 Å². The van der Waals surface area contributed by atoms with Gasteiger partial charge in [0.25, 0.3) is 5.91 Å². The van der Waals surface area contributed by atoms with E-state index in [2.05, 4.69) is 10.2 Å². The van der Waals surface area contributed by atoms with E-state index in [1.165, 1.54) is 38.7 Å². The maximum Gasteiger partial charge on any atom is 0.256 e. The lowest BCUT2D eigenvalue weighted by Crippen LogP contribution is -2.48. The van der Waals surface area contributed by atoms with Crippen LogP contribution in [0.4, 0.5) is 9.52 Å². The van der Waals surface area contributed by atoms with E-state index in [1.807, 2.05) is 4.90 Å². The number of anilines is 1. The van der Waals surface area contributed by atoms with E-state index in [0.717, 1.165) is 0 Å². The Morgan fingerprint density at radius 2 is 1.79 bits per heavy atom. The second-order valence-corrected chi connectivity index (χ2v) is 10.9. The summed E-state index contributed by atoms with van der Waals surface area (Å²) in [6.45, 7) is 1.42. The highest BCUT2D eigenvalue weighted by molar-refractivity contribution is 7.89. The fraction of sp³-hybridized carbons (Fsp3) is 0.286. The van der Waals surface area contributed by atoms with Gasteiger partial charge in [-0.05, 0) is 24.3 Å². The van der Waals surface area contributed by atoms with Crippen LogP contribution in [0.25, 0.3) is 10.6 Å². The maximum atomic E-state index is 14.5. The lowest BCUT2D eigenvalue weighted by molar-refractivity contribution is 0.0823. The number of carbonyl (C=O) groups is 1. The third kappa shape index (κ3) is 4.72. The number of piperazine rings is 1. The molecule has 0 radical (unpaired) electrons. The Morgan fingerprint density at radius 3 is 2.42 bits per heavy atom. The fourth-order valence-corrected chi connectivity index (χ4v) is 6.24. The largest absolute Gasteiger partial charge is 0.345 e. The van der Waals surface area contributed by atoms with Gasteiger partial charge in [-0.3, -0.25) is 4.79 Å². The molecule has 33 heavy (non-hydrogen) atoms. The summed E-state index contributed by atoms with van der Waals surface area (Å²) in [6, 6.07) is 10.7. The molecular weight excluding hydrogens is 489 g/mol. The van der Waals surface area contributed by atoms with Crippen molar-refractivity contribution >= 4 is 44.0 Å². The zero-order valence-corrected chi connectivity index (χ0v) is 20.3. The van der Waals surface area contributed by atoms with Gasteiger partial charge >= 0.3 is 0 Å². The highest BCUT2D eigenvalue weighted by atomic mass is 35.5. The summed E-state index contributed by atoms with van der Waals surface area (Å²) in [5.74, 6) is -1.04.